The smallest absolute Gasteiger partial charge is 0.331 e. The van der Waals surface area contributed by atoms with Gasteiger partial charge in [0, 0.05) is 19.8 Å². The molecule has 1 saturated heterocycles. The average molecular weight is 264 g/mol. The standard InChI is InChI=1S/C15H20O4/c1-7(2)8-9-10(13(9,3)4)15(8)11(16)18-14(5,6)19-12(15)17/h9-10H,1-6H3. The van der Waals surface area contributed by atoms with E-state index in [0.717, 1.165) is 11.1 Å². The Hall–Kier alpha value is -1.32. The first-order chi connectivity index (χ1) is 8.57. The van der Waals surface area contributed by atoms with Crippen molar-refractivity contribution in [2.45, 2.75) is 47.3 Å². The highest BCUT2D eigenvalue weighted by Crippen LogP contribution is 2.82. The van der Waals surface area contributed by atoms with Gasteiger partial charge in [0.2, 0.25) is 0 Å². The summed E-state index contributed by atoms with van der Waals surface area (Å²) in [6, 6.07) is 0. The van der Waals surface area contributed by atoms with Gasteiger partial charge in [-0.25, -0.2) is 0 Å². The molecule has 0 bridgehead atoms. The van der Waals surface area contributed by atoms with Gasteiger partial charge in [-0.15, -0.1) is 0 Å². The zero-order chi connectivity index (χ0) is 14.4. The second-order valence-electron chi connectivity index (χ2n) is 7.18. The Morgan fingerprint density at radius 1 is 1.00 bits per heavy atom. The second kappa shape index (κ2) is 3.05. The molecule has 4 nitrogen and oxygen atoms in total. The van der Waals surface area contributed by atoms with Crippen molar-refractivity contribution in [3.05, 3.63) is 11.1 Å². The molecule has 3 fully saturated rings. The minimum absolute atomic E-state index is 0.0217. The van der Waals surface area contributed by atoms with E-state index in [1.165, 1.54) is 0 Å². The summed E-state index contributed by atoms with van der Waals surface area (Å²) in [6.45, 7) is 11.3. The Bertz CT molecular complexity index is 514. The van der Waals surface area contributed by atoms with Crippen LogP contribution < -0.4 is 0 Å². The van der Waals surface area contributed by atoms with E-state index in [9.17, 15) is 9.59 Å². The third kappa shape index (κ3) is 1.20. The fraction of sp³-hybridized carbons (Fsp3) is 0.733. The van der Waals surface area contributed by atoms with E-state index in [2.05, 4.69) is 13.8 Å². The fourth-order valence-corrected chi connectivity index (χ4v) is 4.19. The SMILES string of the molecule is CC(C)=C1C2C(C13C(=O)OC(C)(C)OC3=O)C2(C)C. The number of hydrogen-bond acceptors (Lipinski definition) is 4. The van der Waals surface area contributed by atoms with Crippen LogP contribution in [-0.4, -0.2) is 17.7 Å². The highest BCUT2D eigenvalue weighted by Gasteiger charge is 2.87. The van der Waals surface area contributed by atoms with E-state index >= 15 is 0 Å². The molecule has 19 heavy (non-hydrogen) atoms. The highest BCUT2D eigenvalue weighted by atomic mass is 16.7. The van der Waals surface area contributed by atoms with Crippen molar-refractivity contribution in [3.8, 4) is 0 Å². The maximum absolute atomic E-state index is 12.5. The van der Waals surface area contributed by atoms with Crippen molar-refractivity contribution in [1.29, 1.82) is 0 Å². The van der Waals surface area contributed by atoms with Gasteiger partial charge >= 0.3 is 11.9 Å². The molecule has 1 spiro atoms. The van der Waals surface area contributed by atoms with Crippen LogP contribution in [0.3, 0.4) is 0 Å². The number of fused-ring (bicyclic) bond motifs is 2. The monoisotopic (exact) mass is 264 g/mol. The Kier molecular flexibility index (Phi) is 2.04. The quantitative estimate of drug-likeness (QED) is 0.383. The summed E-state index contributed by atoms with van der Waals surface area (Å²) in [6.07, 6.45) is 0. The van der Waals surface area contributed by atoms with Crippen LogP contribution in [0, 0.1) is 22.7 Å². The van der Waals surface area contributed by atoms with Gasteiger partial charge in [-0.1, -0.05) is 19.4 Å². The maximum Gasteiger partial charge on any atom is 0.331 e. The Morgan fingerprint density at radius 3 is 1.89 bits per heavy atom. The maximum atomic E-state index is 12.5. The van der Waals surface area contributed by atoms with Gasteiger partial charge in [-0.3, -0.25) is 9.59 Å². The van der Waals surface area contributed by atoms with Crippen LogP contribution in [0.25, 0.3) is 0 Å². The summed E-state index contributed by atoms with van der Waals surface area (Å²) >= 11 is 0. The van der Waals surface area contributed by atoms with Crippen molar-refractivity contribution in [2.75, 3.05) is 0 Å². The summed E-state index contributed by atoms with van der Waals surface area (Å²) in [5, 5.41) is 0. The second-order valence-corrected chi connectivity index (χ2v) is 7.18. The van der Waals surface area contributed by atoms with E-state index in [-0.39, 0.29) is 11.3 Å². The molecule has 1 aliphatic heterocycles. The first-order valence-electron chi connectivity index (χ1n) is 6.71. The number of ether oxygens (including phenoxy) is 2. The number of esters is 2. The van der Waals surface area contributed by atoms with Crippen molar-refractivity contribution in [3.63, 3.8) is 0 Å². The molecule has 0 N–H and O–H groups in total. The van der Waals surface area contributed by atoms with Crippen LogP contribution in [0.15, 0.2) is 11.1 Å². The largest absolute Gasteiger partial charge is 0.422 e. The Balaban J connectivity index is 2.12. The molecule has 1 heterocycles. The summed E-state index contributed by atoms with van der Waals surface area (Å²) < 4.78 is 10.7. The Labute approximate surface area is 113 Å². The lowest BCUT2D eigenvalue weighted by molar-refractivity contribution is -0.253. The molecule has 3 aliphatic rings. The molecular formula is C15H20O4. The summed E-state index contributed by atoms with van der Waals surface area (Å²) in [7, 11) is 0. The average Bonchev–Trinajstić information content (AvgIpc) is 2.56. The third-order valence-electron chi connectivity index (χ3n) is 4.89. The first kappa shape index (κ1) is 12.7. The van der Waals surface area contributed by atoms with Crippen LogP contribution in [-0.2, 0) is 19.1 Å². The molecule has 4 heteroatoms. The van der Waals surface area contributed by atoms with Gasteiger partial charge in [0.25, 0.3) is 5.79 Å². The van der Waals surface area contributed by atoms with E-state index in [1.54, 1.807) is 13.8 Å². The molecule has 2 unspecified atom stereocenters. The zero-order valence-corrected chi connectivity index (χ0v) is 12.3. The van der Waals surface area contributed by atoms with Gasteiger partial charge in [0.05, 0.1) is 0 Å². The third-order valence-corrected chi connectivity index (χ3v) is 4.89. The van der Waals surface area contributed by atoms with E-state index < -0.39 is 23.1 Å². The minimum Gasteiger partial charge on any atom is -0.422 e. The lowest BCUT2D eigenvalue weighted by atomic mass is 9.62. The molecule has 104 valence electrons. The van der Waals surface area contributed by atoms with E-state index in [0.29, 0.717) is 5.92 Å². The van der Waals surface area contributed by atoms with Crippen molar-refractivity contribution in [2.24, 2.45) is 22.7 Å². The number of hydrogen-bond donors (Lipinski definition) is 0. The van der Waals surface area contributed by atoms with Gasteiger partial charge in [0.15, 0.2) is 5.41 Å². The highest BCUT2D eigenvalue weighted by molar-refractivity contribution is 6.09. The number of carbonyl (C=O) groups is 2. The van der Waals surface area contributed by atoms with Crippen LogP contribution in [0.5, 0.6) is 0 Å². The molecule has 0 radical (unpaired) electrons. The minimum atomic E-state index is -1.16. The summed E-state index contributed by atoms with van der Waals surface area (Å²) in [5.74, 6) is -1.68. The number of allylic oxidation sites excluding steroid dienone is 1. The first-order valence-corrected chi connectivity index (χ1v) is 6.71. The lowest BCUT2D eigenvalue weighted by Gasteiger charge is -2.46. The van der Waals surface area contributed by atoms with Crippen LogP contribution in [0.2, 0.25) is 0 Å². The topological polar surface area (TPSA) is 52.6 Å². The zero-order valence-electron chi connectivity index (χ0n) is 12.3. The molecule has 0 aromatic carbocycles. The molecule has 2 aliphatic carbocycles. The van der Waals surface area contributed by atoms with Gasteiger partial charge in [-0.2, -0.15) is 0 Å². The van der Waals surface area contributed by atoms with Crippen molar-refractivity contribution < 1.29 is 19.1 Å². The molecule has 0 aromatic heterocycles. The predicted molar refractivity (Wildman–Crippen MR) is 67.8 cm³/mol. The van der Waals surface area contributed by atoms with Gasteiger partial charge in [0.1, 0.15) is 0 Å². The van der Waals surface area contributed by atoms with E-state index in [4.69, 9.17) is 9.47 Å². The van der Waals surface area contributed by atoms with Crippen LogP contribution in [0.4, 0.5) is 0 Å². The number of rotatable bonds is 0. The summed E-state index contributed by atoms with van der Waals surface area (Å²) in [5.41, 5.74) is 0.766. The van der Waals surface area contributed by atoms with Gasteiger partial charge in [-0.05, 0) is 30.8 Å². The predicted octanol–water partition coefficient (Wildman–Crippen LogP) is 2.43. The van der Waals surface area contributed by atoms with Gasteiger partial charge < -0.3 is 9.47 Å². The normalized spacial score (nSPS) is 36.0. The van der Waals surface area contributed by atoms with E-state index in [1.807, 2.05) is 13.8 Å². The number of cyclic esters (lactones) is 2. The molecule has 0 aromatic rings. The van der Waals surface area contributed by atoms with Crippen molar-refractivity contribution in [1.82, 2.24) is 0 Å². The van der Waals surface area contributed by atoms with Crippen LogP contribution in [0.1, 0.15) is 41.5 Å². The molecule has 3 rings (SSSR count). The fourth-order valence-electron chi connectivity index (χ4n) is 4.19. The molecular weight excluding hydrogens is 244 g/mol. The molecule has 2 atom stereocenters. The van der Waals surface area contributed by atoms with Crippen LogP contribution >= 0.6 is 0 Å². The Morgan fingerprint density at radius 2 is 1.47 bits per heavy atom. The number of carbonyl (C=O) groups excluding carboxylic acids is 2. The van der Waals surface area contributed by atoms with Crippen molar-refractivity contribution >= 4 is 11.9 Å². The molecule has 2 saturated carbocycles. The lowest BCUT2D eigenvalue weighted by Crippen LogP contribution is -2.60. The summed E-state index contributed by atoms with van der Waals surface area (Å²) in [4.78, 5) is 25.0. The molecule has 0 amide bonds.